The van der Waals surface area contributed by atoms with Gasteiger partial charge in [-0.2, -0.15) is 0 Å². The van der Waals surface area contributed by atoms with Crippen LogP contribution in [0.4, 0.5) is 0 Å². The second kappa shape index (κ2) is 3.78. The van der Waals surface area contributed by atoms with Crippen LogP contribution in [-0.2, 0) is 0 Å². The molecule has 0 radical (unpaired) electrons. The lowest BCUT2D eigenvalue weighted by Crippen LogP contribution is -2.43. The van der Waals surface area contributed by atoms with Gasteiger partial charge in [0.2, 0.25) is 0 Å². The molecule has 1 aliphatic carbocycles. The third kappa shape index (κ3) is 1.40. The topological polar surface area (TPSA) is 15.3 Å². The third-order valence-corrected chi connectivity index (χ3v) is 4.34. The van der Waals surface area contributed by atoms with E-state index in [9.17, 15) is 0 Å². The molecular formula is C12H18N2S. The van der Waals surface area contributed by atoms with Gasteiger partial charge in [-0.25, -0.2) is 0 Å². The normalized spacial score (nSPS) is 34.5. The Hall–Kier alpha value is -0.570. The smallest absolute Gasteiger partial charge is 0.106 e. The SMILES string of the molecule is S=CC1=C2NCCCN2[C@H]2CCCC[C@H]12. The molecule has 3 rings (SSSR count). The first kappa shape index (κ1) is 9.64. The van der Waals surface area contributed by atoms with Crippen LogP contribution in [0.5, 0.6) is 0 Å². The van der Waals surface area contributed by atoms with Crippen LogP contribution in [0.2, 0.25) is 0 Å². The Kier molecular flexibility index (Phi) is 2.43. The molecule has 2 nitrogen and oxygen atoms in total. The summed E-state index contributed by atoms with van der Waals surface area (Å²) in [5.41, 5.74) is 1.43. The van der Waals surface area contributed by atoms with Gasteiger partial charge in [-0.1, -0.05) is 25.1 Å². The lowest BCUT2D eigenvalue weighted by molar-refractivity contribution is 0.167. The molecule has 2 atom stereocenters. The van der Waals surface area contributed by atoms with Crippen LogP contribution in [0.15, 0.2) is 11.4 Å². The van der Waals surface area contributed by atoms with Gasteiger partial charge in [0.1, 0.15) is 5.82 Å². The van der Waals surface area contributed by atoms with E-state index < -0.39 is 0 Å². The maximum Gasteiger partial charge on any atom is 0.106 e. The Morgan fingerprint density at radius 3 is 3.00 bits per heavy atom. The largest absolute Gasteiger partial charge is 0.371 e. The molecule has 0 aromatic heterocycles. The summed E-state index contributed by atoms with van der Waals surface area (Å²) in [6.45, 7) is 2.36. The summed E-state index contributed by atoms with van der Waals surface area (Å²) in [5, 5.41) is 5.47. The fourth-order valence-corrected chi connectivity index (χ4v) is 3.72. The second-order valence-corrected chi connectivity index (χ2v) is 5.09. The first-order valence-corrected chi connectivity index (χ1v) is 6.59. The van der Waals surface area contributed by atoms with Crippen LogP contribution in [-0.4, -0.2) is 29.4 Å². The summed E-state index contributed by atoms with van der Waals surface area (Å²) in [4.78, 5) is 2.59. The number of rotatable bonds is 1. The molecule has 0 amide bonds. The highest BCUT2D eigenvalue weighted by atomic mass is 32.1. The summed E-state index contributed by atoms with van der Waals surface area (Å²) < 4.78 is 0. The fraction of sp³-hybridized carbons (Fsp3) is 0.750. The van der Waals surface area contributed by atoms with E-state index in [0.29, 0.717) is 0 Å². The molecule has 3 aliphatic rings. The number of fused-ring (bicyclic) bond motifs is 3. The Labute approximate surface area is 96.7 Å². The van der Waals surface area contributed by atoms with E-state index in [1.165, 1.54) is 50.0 Å². The maximum absolute atomic E-state index is 5.20. The second-order valence-electron chi connectivity index (χ2n) is 4.85. The molecular weight excluding hydrogens is 204 g/mol. The average molecular weight is 222 g/mol. The minimum absolute atomic E-state index is 0.733. The van der Waals surface area contributed by atoms with Crippen molar-refractivity contribution in [2.75, 3.05) is 13.1 Å². The van der Waals surface area contributed by atoms with E-state index in [-0.39, 0.29) is 0 Å². The van der Waals surface area contributed by atoms with Crippen LogP contribution >= 0.6 is 12.2 Å². The van der Waals surface area contributed by atoms with Crippen LogP contribution < -0.4 is 5.32 Å². The van der Waals surface area contributed by atoms with Crippen molar-refractivity contribution in [3.05, 3.63) is 11.4 Å². The highest BCUT2D eigenvalue weighted by Gasteiger charge is 2.41. The Morgan fingerprint density at radius 2 is 2.13 bits per heavy atom. The third-order valence-electron chi connectivity index (χ3n) is 4.09. The summed E-state index contributed by atoms with van der Waals surface area (Å²) in [6.07, 6.45) is 6.76. The number of nitrogens with one attached hydrogen (secondary N) is 1. The van der Waals surface area contributed by atoms with E-state index in [2.05, 4.69) is 10.2 Å². The van der Waals surface area contributed by atoms with E-state index >= 15 is 0 Å². The monoisotopic (exact) mass is 222 g/mol. The van der Waals surface area contributed by atoms with Gasteiger partial charge in [0.15, 0.2) is 0 Å². The van der Waals surface area contributed by atoms with Crippen molar-refractivity contribution >= 4 is 17.6 Å². The van der Waals surface area contributed by atoms with Gasteiger partial charge in [-0.05, 0) is 19.3 Å². The first-order valence-electron chi connectivity index (χ1n) is 6.11. The Bertz CT molecular complexity index is 311. The van der Waals surface area contributed by atoms with Gasteiger partial charge in [0.05, 0.1) is 0 Å². The van der Waals surface area contributed by atoms with Crippen molar-refractivity contribution < 1.29 is 0 Å². The molecule has 2 aliphatic heterocycles. The van der Waals surface area contributed by atoms with E-state index in [1.807, 2.05) is 5.37 Å². The standard InChI is InChI=1S/C12H18N2S/c15-8-10-9-4-1-2-5-11(9)14-7-3-6-13-12(10)14/h8-9,11,13H,1-7H2/t9-,11+/m1/s1. The number of nitrogens with zero attached hydrogens (tertiary/aromatic N) is 1. The lowest BCUT2D eigenvalue weighted by atomic mass is 9.82. The van der Waals surface area contributed by atoms with Crippen molar-refractivity contribution in [2.45, 2.75) is 38.1 Å². The molecule has 0 unspecified atom stereocenters. The van der Waals surface area contributed by atoms with Crippen molar-refractivity contribution in [3.63, 3.8) is 0 Å². The van der Waals surface area contributed by atoms with Crippen molar-refractivity contribution in [1.82, 2.24) is 10.2 Å². The summed E-state index contributed by atoms with van der Waals surface area (Å²) >= 11 is 5.20. The molecule has 82 valence electrons. The highest BCUT2D eigenvalue weighted by molar-refractivity contribution is 7.79. The zero-order valence-electron chi connectivity index (χ0n) is 9.04. The van der Waals surface area contributed by atoms with Gasteiger partial charge in [0, 0.05) is 36.0 Å². The molecule has 2 heterocycles. The van der Waals surface area contributed by atoms with Crippen LogP contribution in [0.25, 0.3) is 0 Å². The van der Waals surface area contributed by atoms with E-state index in [4.69, 9.17) is 12.2 Å². The Morgan fingerprint density at radius 1 is 1.27 bits per heavy atom. The maximum atomic E-state index is 5.20. The molecule has 1 saturated carbocycles. The predicted octanol–water partition coefficient (Wildman–Crippen LogP) is 2.07. The quantitative estimate of drug-likeness (QED) is 0.684. The molecule has 15 heavy (non-hydrogen) atoms. The zero-order chi connectivity index (χ0) is 10.3. The minimum atomic E-state index is 0.733. The first-order chi connectivity index (χ1) is 7.42. The molecule has 0 aromatic carbocycles. The molecule has 1 N–H and O–H groups in total. The van der Waals surface area contributed by atoms with Gasteiger partial charge in [-0.3, -0.25) is 0 Å². The number of hydrogen-bond acceptors (Lipinski definition) is 3. The van der Waals surface area contributed by atoms with Crippen molar-refractivity contribution in [1.29, 1.82) is 0 Å². The average Bonchev–Trinajstić information content (AvgIpc) is 2.63. The number of hydrogen-bond donors (Lipinski definition) is 1. The summed E-state index contributed by atoms with van der Waals surface area (Å²) in [5.74, 6) is 2.10. The molecule has 1 saturated heterocycles. The predicted molar refractivity (Wildman–Crippen MR) is 65.8 cm³/mol. The van der Waals surface area contributed by atoms with Gasteiger partial charge in [-0.15, -0.1) is 0 Å². The molecule has 2 fully saturated rings. The van der Waals surface area contributed by atoms with Crippen LogP contribution in [0.3, 0.4) is 0 Å². The van der Waals surface area contributed by atoms with Crippen LogP contribution in [0, 0.1) is 5.92 Å². The van der Waals surface area contributed by atoms with Crippen LogP contribution in [0.1, 0.15) is 32.1 Å². The van der Waals surface area contributed by atoms with Crippen molar-refractivity contribution in [3.8, 4) is 0 Å². The molecule has 0 aromatic rings. The fourth-order valence-electron chi connectivity index (χ4n) is 3.44. The molecule has 3 heteroatoms. The molecule has 0 spiro atoms. The lowest BCUT2D eigenvalue weighted by Gasteiger charge is -2.37. The zero-order valence-corrected chi connectivity index (χ0v) is 9.85. The van der Waals surface area contributed by atoms with Gasteiger partial charge < -0.3 is 10.2 Å². The van der Waals surface area contributed by atoms with Gasteiger partial charge >= 0.3 is 0 Å². The van der Waals surface area contributed by atoms with Crippen molar-refractivity contribution in [2.24, 2.45) is 5.92 Å². The summed E-state index contributed by atoms with van der Waals surface area (Å²) in [6, 6.07) is 0.760. The van der Waals surface area contributed by atoms with E-state index in [0.717, 1.165) is 18.5 Å². The summed E-state index contributed by atoms with van der Waals surface area (Å²) in [7, 11) is 0. The highest BCUT2D eigenvalue weighted by Crippen LogP contribution is 2.41. The molecule has 0 bridgehead atoms. The van der Waals surface area contributed by atoms with E-state index in [1.54, 1.807) is 0 Å². The van der Waals surface area contributed by atoms with Gasteiger partial charge in [0.25, 0.3) is 0 Å². The minimum Gasteiger partial charge on any atom is -0.371 e. The Balaban J connectivity index is 1.95. The number of thiocarbonyl (C=S) groups is 1.